The summed E-state index contributed by atoms with van der Waals surface area (Å²) in [6, 6.07) is 77.3. The molecule has 61 heavy (non-hydrogen) atoms. The Morgan fingerprint density at radius 2 is 0.951 bits per heavy atom. The average Bonchev–Trinajstić information content (AvgIpc) is 3.67. The maximum Gasteiger partial charge on any atom is 0.157 e. The molecule has 0 radical (unpaired) electrons. The van der Waals surface area contributed by atoms with Crippen LogP contribution >= 0.6 is 0 Å². The van der Waals surface area contributed by atoms with E-state index in [4.69, 9.17) is 15.7 Å². The summed E-state index contributed by atoms with van der Waals surface area (Å²) in [5.74, 6) is 1.03. The smallest absolute Gasteiger partial charge is 0.157 e. The minimum atomic E-state index is 0.429. The summed E-state index contributed by atoms with van der Waals surface area (Å²) in [6.07, 6.45) is 0. The molecule has 2 N–H and O–H groups in total. The van der Waals surface area contributed by atoms with E-state index in [1.165, 1.54) is 49.1 Å². The number of aliphatic imine (C=N–C) groups is 2. The van der Waals surface area contributed by atoms with E-state index < -0.39 is 0 Å². The van der Waals surface area contributed by atoms with Gasteiger partial charge < -0.3 is 10.3 Å². The van der Waals surface area contributed by atoms with Gasteiger partial charge in [0.2, 0.25) is 0 Å². The van der Waals surface area contributed by atoms with Gasteiger partial charge >= 0.3 is 0 Å². The third kappa shape index (κ3) is 6.52. The molecule has 11 aromatic rings. The molecule has 0 aliphatic rings. The fourth-order valence-corrected chi connectivity index (χ4v) is 8.96. The van der Waals surface area contributed by atoms with Gasteiger partial charge in [-0.15, -0.1) is 0 Å². The van der Waals surface area contributed by atoms with Crippen molar-refractivity contribution in [2.75, 3.05) is 0 Å². The van der Waals surface area contributed by atoms with Crippen molar-refractivity contribution in [3.05, 3.63) is 235 Å². The number of hydrogen-bond acceptors (Lipinski definition) is 1. The first kappa shape index (κ1) is 36.0. The lowest BCUT2D eigenvalue weighted by Gasteiger charge is -2.15. The monoisotopic (exact) mass is 780 g/mol. The average molecular weight is 781 g/mol. The van der Waals surface area contributed by atoms with E-state index in [1.807, 2.05) is 48.5 Å². The highest BCUT2D eigenvalue weighted by Gasteiger charge is 2.17. The van der Waals surface area contributed by atoms with E-state index in [1.54, 1.807) is 0 Å². The number of fused-ring (bicyclic) bond motifs is 9. The molecule has 4 heteroatoms. The zero-order valence-corrected chi connectivity index (χ0v) is 33.4. The summed E-state index contributed by atoms with van der Waals surface area (Å²) in [7, 11) is 0. The second-order valence-corrected chi connectivity index (χ2v) is 15.5. The topological polar surface area (TPSA) is 55.7 Å². The molecule has 0 bridgehead atoms. The van der Waals surface area contributed by atoms with Gasteiger partial charge in [-0.1, -0.05) is 182 Å². The fourth-order valence-electron chi connectivity index (χ4n) is 8.96. The summed E-state index contributed by atoms with van der Waals surface area (Å²) < 4.78 is 2.38. The highest BCUT2D eigenvalue weighted by atomic mass is 15.0. The van der Waals surface area contributed by atoms with E-state index in [9.17, 15) is 0 Å². The van der Waals surface area contributed by atoms with Crippen LogP contribution in [0, 0.1) is 0 Å². The molecular weight excluding hydrogens is 741 g/mol. The molecule has 0 saturated carbocycles. The largest absolute Gasteiger partial charge is 0.383 e. The molecule has 0 atom stereocenters. The summed E-state index contributed by atoms with van der Waals surface area (Å²) in [5.41, 5.74) is 18.2. The maximum atomic E-state index is 7.07. The fraction of sp³-hybridized carbons (Fsp3) is 0.0175. The van der Waals surface area contributed by atoms with E-state index in [0.29, 0.717) is 18.2 Å². The molecule has 0 fully saturated rings. The number of nitrogens with two attached hydrogens (primary N) is 1. The summed E-state index contributed by atoms with van der Waals surface area (Å²) in [4.78, 5) is 10.1. The summed E-state index contributed by atoms with van der Waals surface area (Å²) in [5, 5.41) is 9.34. The van der Waals surface area contributed by atoms with Gasteiger partial charge in [0.05, 0.1) is 17.6 Å². The van der Waals surface area contributed by atoms with Gasteiger partial charge in [-0.3, -0.25) is 4.99 Å². The number of amidine groups is 2. The van der Waals surface area contributed by atoms with Gasteiger partial charge in [-0.25, -0.2) is 4.99 Å². The number of benzene rings is 10. The standard InChI is InChI=1S/C57H40N4/c58-56(60-57(41-19-8-3-9-20-41)59-37-38-15-4-1-5-16-38)50-25-14-24-48-45-21-10-11-22-46(45)51-35-42(29-33-49(51)55(48)50)43-30-34-54-52(36-43)47-23-12-13-26-53(47)61(54)44-31-27-40(28-32-44)39-17-6-2-7-18-39/h1-36H,37H2,(H2,58,59,60). The molecule has 1 heterocycles. The lowest BCUT2D eigenvalue weighted by atomic mass is 9.89. The molecule has 0 aliphatic heterocycles. The Morgan fingerprint density at radius 1 is 0.410 bits per heavy atom. The molecule has 1 aromatic heterocycles. The summed E-state index contributed by atoms with van der Waals surface area (Å²) >= 11 is 0. The minimum absolute atomic E-state index is 0.429. The second kappa shape index (κ2) is 15.3. The molecule has 0 amide bonds. The van der Waals surface area contributed by atoms with Crippen molar-refractivity contribution in [3.63, 3.8) is 0 Å². The normalized spacial score (nSPS) is 12.3. The van der Waals surface area contributed by atoms with Gasteiger partial charge in [0.15, 0.2) is 5.84 Å². The van der Waals surface area contributed by atoms with Crippen molar-refractivity contribution in [2.24, 2.45) is 15.7 Å². The van der Waals surface area contributed by atoms with Gasteiger partial charge in [-0.2, -0.15) is 0 Å². The van der Waals surface area contributed by atoms with Crippen LogP contribution in [0.5, 0.6) is 0 Å². The second-order valence-electron chi connectivity index (χ2n) is 15.5. The Morgan fingerprint density at radius 3 is 1.70 bits per heavy atom. The van der Waals surface area contributed by atoms with Crippen LogP contribution in [0.15, 0.2) is 228 Å². The molecule has 0 spiro atoms. The highest BCUT2D eigenvalue weighted by Crippen LogP contribution is 2.40. The molecule has 11 rings (SSSR count). The predicted octanol–water partition coefficient (Wildman–Crippen LogP) is 13.9. The van der Waals surface area contributed by atoms with Crippen LogP contribution in [0.4, 0.5) is 0 Å². The van der Waals surface area contributed by atoms with Crippen LogP contribution in [0.3, 0.4) is 0 Å². The molecule has 0 saturated heterocycles. The lowest BCUT2D eigenvalue weighted by molar-refractivity contribution is 1.06. The highest BCUT2D eigenvalue weighted by molar-refractivity contribution is 6.30. The molecule has 0 aliphatic carbocycles. The summed E-state index contributed by atoms with van der Waals surface area (Å²) in [6.45, 7) is 0.502. The lowest BCUT2D eigenvalue weighted by Crippen LogP contribution is -2.17. The van der Waals surface area contributed by atoms with Crippen molar-refractivity contribution < 1.29 is 0 Å². The first-order chi connectivity index (χ1) is 30.2. The third-order valence-corrected chi connectivity index (χ3v) is 11.9. The van der Waals surface area contributed by atoms with Crippen LogP contribution in [0.25, 0.3) is 82.1 Å². The Bertz CT molecular complexity index is 3470. The van der Waals surface area contributed by atoms with Crippen molar-refractivity contribution in [1.29, 1.82) is 0 Å². The van der Waals surface area contributed by atoms with Crippen molar-refractivity contribution in [3.8, 4) is 27.9 Å². The van der Waals surface area contributed by atoms with Gasteiger partial charge in [0, 0.05) is 33.0 Å². The van der Waals surface area contributed by atoms with E-state index in [2.05, 4.69) is 174 Å². The molecule has 0 unspecified atom stereocenters. The van der Waals surface area contributed by atoms with Crippen LogP contribution in [-0.2, 0) is 6.54 Å². The molecule has 10 aromatic carbocycles. The zero-order chi connectivity index (χ0) is 40.7. The van der Waals surface area contributed by atoms with Gasteiger partial charge in [-0.05, 0) is 91.1 Å². The number of rotatable bonds is 7. The van der Waals surface area contributed by atoms with Crippen LogP contribution in [0.1, 0.15) is 16.7 Å². The zero-order valence-electron chi connectivity index (χ0n) is 33.4. The molecular formula is C57H40N4. The maximum absolute atomic E-state index is 7.07. The Hall–Kier alpha value is -8.08. The number of para-hydroxylation sites is 1. The number of hydrogen-bond donors (Lipinski definition) is 1. The molecule has 4 nitrogen and oxygen atoms in total. The van der Waals surface area contributed by atoms with E-state index in [0.717, 1.165) is 49.7 Å². The van der Waals surface area contributed by atoms with Crippen molar-refractivity contribution in [2.45, 2.75) is 6.54 Å². The van der Waals surface area contributed by atoms with Crippen LogP contribution < -0.4 is 5.73 Å². The van der Waals surface area contributed by atoms with Crippen molar-refractivity contribution >= 4 is 65.8 Å². The van der Waals surface area contributed by atoms with E-state index >= 15 is 0 Å². The predicted molar refractivity (Wildman–Crippen MR) is 258 cm³/mol. The van der Waals surface area contributed by atoms with Crippen LogP contribution in [0.2, 0.25) is 0 Å². The van der Waals surface area contributed by atoms with Gasteiger partial charge in [0.1, 0.15) is 5.84 Å². The Kier molecular flexibility index (Phi) is 9.02. The minimum Gasteiger partial charge on any atom is -0.383 e. The quantitative estimate of drug-likeness (QED) is 0.0977. The SMILES string of the molecule is NC(=NC(=NCc1ccccc1)c1ccccc1)c1cccc2c3ccccc3c3cc(-c4ccc5c(c4)c4ccccc4n5-c4ccc(-c5ccccc5)cc4)ccc3c12. The first-order valence-electron chi connectivity index (χ1n) is 20.7. The van der Waals surface area contributed by atoms with E-state index in [-0.39, 0.29) is 0 Å². The van der Waals surface area contributed by atoms with Crippen molar-refractivity contribution in [1.82, 2.24) is 4.57 Å². The Labute approximate surface area is 354 Å². The first-order valence-corrected chi connectivity index (χ1v) is 20.7. The number of nitrogens with zero attached hydrogens (tertiary/aromatic N) is 3. The number of aromatic nitrogens is 1. The van der Waals surface area contributed by atoms with Crippen LogP contribution in [-0.4, -0.2) is 16.2 Å². The van der Waals surface area contributed by atoms with Gasteiger partial charge in [0.25, 0.3) is 0 Å². The third-order valence-electron chi connectivity index (χ3n) is 11.9. The molecule has 288 valence electrons. The Balaban J connectivity index is 1.04.